The molecule has 1 saturated carbocycles. The maximum atomic E-state index is 6.34. The Morgan fingerprint density at radius 2 is 2.17 bits per heavy atom. The van der Waals surface area contributed by atoms with Gasteiger partial charge in [0.05, 0.1) is 11.2 Å². The molecule has 18 heavy (non-hydrogen) atoms. The zero-order valence-electron chi connectivity index (χ0n) is 10.8. The van der Waals surface area contributed by atoms with Crippen LogP contribution in [0.5, 0.6) is 0 Å². The summed E-state index contributed by atoms with van der Waals surface area (Å²) in [5, 5.41) is 6.30. The number of halogens is 1. The predicted molar refractivity (Wildman–Crippen MR) is 76.0 cm³/mol. The van der Waals surface area contributed by atoms with Crippen molar-refractivity contribution in [3.05, 3.63) is 30.0 Å². The summed E-state index contributed by atoms with van der Waals surface area (Å²) in [5.74, 6) is 0.798. The summed E-state index contributed by atoms with van der Waals surface area (Å²) in [7, 11) is 2.01. The lowest BCUT2D eigenvalue weighted by Crippen LogP contribution is -2.02. The first-order valence-corrected chi connectivity index (χ1v) is 7.24. The van der Waals surface area contributed by atoms with Gasteiger partial charge in [0.1, 0.15) is 0 Å². The molecule has 1 aromatic heterocycles. The van der Waals surface area contributed by atoms with E-state index in [0.717, 1.165) is 25.2 Å². The molecule has 2 nitrogen and oxygen atoms in total. The Kier molecular flexibility index (Phi) is 3.29. The maximum Gasteiger partial charge on any atom is 0.0703 e. The normalized spacial score (nSPS) is 17.2. The highest BCUT2D eigenvalue weighted by Gasteiger charge is 2.29. The maximum absolute atomic E-state index is 6.34. The number of nitrogens with zero attached hydrogens (tertiary/aromatic N) is 2. The molecule has 0 N–H and O–H groups in total. The van der Waals surface area contributed by atoms with Crippen LogP contribution in [-0.4, -0.2) is 15.2 Å². The van der Waals surface area contributed by atoms with Crippen LogP contribution >= 0.6 is 11.6 Å². The average Bonchev–Trinajstić information content (AvgIpc) is 3.17. The van der Waals surface area contributed by atoms with Crippen molar-refractivity contribution in [1.29, 1.82) is 0 Å². The highest BCUT2D eigenvalue weighted by Crippen LogP contribution is 2.37. The van der Waals surface area contributed by atoms with Gasteiger partial charge < -0.3 is 0 Å². The van der Waals surface area contributed by atoms with Crippen molar-refractivity contribution < 1.29 is 0 Å². The van der Waals surface area contributed by atoms with Crippen molar-refractivity contribution in [1.82, 2.24) is 9.78 Å². The van der Waals surface area contributed by atoms with Gasteiger partial charge in [-0.05, 0) is 44.1 Å². The number of benzene rings is 1. The largest absolute Gasteiger partial charge is 0.268 e. The standard InChI is InChI=1S/C15H19ClN2/c1-18-15-8-3-2-5-12(15)14(17-18)7-4-6-13(16)11-9-10-11/h2-3,5,8,11,13H,4,6-7,9-10H2,1H3. The first-order chi connectivity index (χ1) is 8.75. The Balaban J connectivity index is 1.67. The average molecular weight is 263 g/mol. The van der Waals surface area contributed by atoms with E-state index < -0.39 is 0 Å². The van der Waals surface area contributed by atoms with Crippen LogP contribution in [-0.2, 0) is 13.5 Å². The fourth-order valence-corrected chi connectivity index (χ4v) is 3.04. The van der Waals surface area contributed by atoms with Crippen molar-refractivity contribution >= 4 is 22.5 Å². The van der Waals surface area contributed by atoms with Gasteiger partial charge in [0.2, 0.25) is 0 Å². The van der Waals surface area contributed by atoms with E-state index in [1.807, 2.05) is 11.7 Å². The van der Waals surface area contributed by atoms with Crippen LogP contribution in [0, 0.1) is 5.92 Å². The smallest absolute Gasteiger partial charge is 0.0703 e. The SMILES string of the molecule is Cn1nc(CCCC(Cl)C2CC2)c2ccccc21. The second-order valence-corrected chi connectivity index (χ2v) is 5.89. The van der Waals surface area contributed by atoms with Crippen LogP contribution in [0.2, 0.25) is 0 Å². The van der Waals surface area contributed by atoms with Crippen molar-refractivity contribution in [3.63, 3.8) is 0 Å². The Hall–Kier alpha value is -1.02. The number of para-hydroxylation sites is 1. The van der Waals surface area contributed by atoms with Gasteiger partial charge in [-0.2, -0.15) is 5.10 Å². The third-order valence-corrected chi connectivity index (χ3v) is 4.44. The number of hydrogen-bond donors (Lipinski definition) is 0. The Morgan fingerprint density at radius 3 is 2.94 bits per heavy atom. The minimum atomic E-state index is 0.389. The van der Waals surface area contributed by atoms with Crippen LogP contribution in [0.15, 0.2) is 24.3 Å². The molecule has 2 aromatic rings. The van der Waals surface area contributed by atoms with Gasteiger partial charge in [-0.3, -0.25) is 4.68 Å². The second kappa shape index (κ2) is 4.93. The number of rotatable bonds is 5. The minimum absolute atomic E-state index is 0.389. The highest BCUT2D eigenvalue weighted by molar-refractivity contribution is 6.20. The summed E-state index contributed by atoms with van der Waals surface area (Å²) < 4.78 is 1.98. The lowest BCUT2D eigenvalue weighted by molar-refractivity contribution is 0.628. The molecule has 0 aliphatic heterocycles. The molecule has 1 heterocycles. The second-order valence-electron chi connectivity index (χ2n) is 5.33. The molecule has 1 unspecified atom stereocenters. The molecule has 0 saturated heterocycles. The van der Waals surface area contributed by atoms with E-state index in [1.54, 1.807) is 0 Å². The van der Waals surface area contributed by atoms with E-state index in [4.69, 9.17) is 11.6 Å². The molecule has 1 atom stereocenters. The monoisotopic (exact) mass is 262 g/mol. The topological polar surface area (TPSA) is 17.8 Å². The van der Waals surface area contributed by atoms with Crippen molar-refractivity contribution in [2.24, 2.45) is 13.0 Å². The Labute approximate surface area is 113 Å². The van der Waals surface area contributed by atoms with E-state index in [0.29, 0.717) is 5.38 Å². The zero-order valence-corrected chi connectivity index (χ0v) is 11.5. The van der Waals surface area contributed by atoms with E-state index in [1.165, 1.54) is 29.4 Å². The van der Waals surface area contributed by atoms with E-state index in [2.05, 4.69) is 29.4 Å². The van der Waals surface area contributed by atoms with E-state index in [-0.39, 0.29) is 0 Å². The predicted octanol–water partition coefficient (Wildman–Crippen LogP) is 3.91. The summed E-state index contributed by atoms with van der Waals surface area (Å²) in [6.45, 7) is 0. The Bertz CT molecular complexity index is 542. The summed E-state index contributed by atoms with van der Waals surface area (Å²) in [4.78, 5) is 0. The van der Waals surface area contributed by atoms with Gasteiger partial charge in [-0.15, -0.1) is 11.6 Å². The molecule has 3 rings (SSSR count). The molecule has 1 fully saturated rings. The summed E-state index contributed by atoms with van der Waals surface area (Å²) >= 11 is 6.34. The number of alkyl halides is 1. The number of aryl methyl sites for hydroxylation is 2. The summed E-state index contributed by atoms with van der Waals surface area (Å²) in [6.07, 6.45) is 5.97. The number of aromatic nitrogens is 2. The molecule has 96 valence electrons. The van der Waals surface area contributed by atoms with Crippen molar-refractivity contribution in [2.75, 3.05) is 0 Å². The van der Waals surface area contributed by atoms with Gasteiger partial charge in [0.15, 0.2) is 0 Å². The van der Waals surface area contributed by atoms with Gasteiger partial charge >= 0.3 is 0 Å². The fraction of sp³-hybridized carbons (Fsp3) is 0.533. The third-order valence-electron chi connectivity index (χ3n) is 3.86. The molecule has 1 aliphatic carbocycles. The summed E-state index contributed by atoms with van der Waals surface area (Å²) in [5.41, 5.74) is 2.44. The van der Waals surface area contributed by atoms with E-state index in [9.17, 15) is 0 Å². The van der Waals surface area contributed by atoms with Gasteiger partial charge in [0, 0.05) is 17.8 Å². The Morgan fingerprint density at radius 1 is 1.39 bits per heavy atom. The molecule has 0 amide bonds. The molecule has 1 aliphatic rings. The quantitative estimate of drug-likeness (QED) is 0.747. The van der Waals surface area contributed by atoms with Crippen molar-refractivity contribution in [3.8, 4) is 0 Å². The van der Waals surface area contributed by atoms with E-state index >= 15 is 0 Å². The molecule has 1 aromatic carbocycles. The van der Waals surface area contributed by atoms with Crippen LogP contribution in [0.4, 0.5) is 0 Å². The van der Waals surface area contributed by atoms with Gasteiger partial charge in [-0.1, -0.05) is 18.2 Å². The molecule has 0 bridgehead atoms. The van der Waals surface area contributed by atoms with Gasteiger partial charge in [0.25, 0.3) is 0 Å². The first-order valence-electron chi connectivity index (χ1n) is 6.80. The zero-order chi connectivity index (χ0) is 12.5. The number of fused-ring (bicyclic) bond motifs is 1. The lowest BCUT2D eigenvalue weighted by Gasteiger charge is -2.06. The van der Waals surface area contributed by atoms with Crippen LogP contribution in [0.25, 0.3) is 10.9 Å². The molecular weight excluding hydrogens is 244 g/mol. The van der Waals surface area contributed by atoms with Crippen LogP contribution in [0.1, 0.15) is 31.4 Å². The van der Waals surface area contributed by atoms with Crippen molar-refractivity contribution in [2.45, 2.75) is 37.5 Å². The number of hydrogen-bond acceptors (Lipinski definition) is 1. The van der Waals surface area contributed by atoms with Crippen LogP contribution in [0.3, 0.4) is 0 Å². The third kappa shape index (κ3) is 2.39. The summed E-state index contributed by atoms with van der Waals surface area (Å²) in [6, 6.07) is 8.44. The minimum Gasteiger partial charge on any atom is -0.268 e. The fourth-order valence-electron chi connectivity index (χ4n) is 2.63. The van der Waals surface area contributed by atoms with Crippen LogP contribution < -0.4 is 0 Å². The molecular formula is C15H19ClN2. The van der Waals surface area contributed by atoms with Gasteiger partial charge in [-0.25, -0.2) is 0 Å². The first kappa shape index (κ1) is 12.0. The highest BCUT2D eigenvalue weighted by atomic mass is 35.5. The lowest BCUT2D eigenvalue weighted by atomic mass is 10.1. The molecule has 0 radical (unpaired) electrons. The molecule has 0 spiro atoms. The molecule has 3 heteroatoms.